The third kappa shape index (κ3) is 8.02. The predicted molar refractivity (Wildman–Crippen MR) is 54.9 cm³/mol. The number of nitrogens with two attached hydrogens (primary N) is 2. The van der Waals surface area contributed by atoms with Crippen LogP contribution in [-0.2, 0) is 0 Å². The molecule has 0 spiro atoms. The summed E-state index contributed by atoms with van der Waals surface area (Å²) in [5.74, 6) is 0.747. The topological polar surface area (TPSA) is 52.0 Å². The van der Waals surface area contributed by atoms with Gasteiger partial charge < -0.3 is 11.5 Å². The summed E-state index contributed by atoms with van der Waals surface area (Å²) < 4.78 is 0. The Hall–Kier alpha value is -0.0800. The average Bonchev–Trinajstić information content (AvgIpc) is 1.79. The maximum Gasteiger partial charge on any atom is 0.0112 e. The summed E-state index contributed by atoms with van der Waals surface area (Å²) in [5, 5.41) is 0. The molecule has 2 nitrogen and oxygen atoms in total. The maximum absolute atomic E-state index is 5.93. The van der Waals surface area contributed by atoms with Gasteiger partial charge in [-0.1, -0.05) is 13.8 Å². The van der Waals surface area contributed by atoms with Gasteiger partial charge in [0.2, 0.25) is 0 Å². The van der Waals surface area contributed by atoms with E-state index in [2.05, 4.69) is 13.8 Å². The molecule has 1 atom stereocenters. The van der Waals surface area contributed by atoms with Crippen molar-refractivity contribution in [1.29, 1.82) is 0 Å². The highest BCUT2D eigenvalue weighted by Crippen LogP contribution is 2.12. The zero-order chi connectivity index (χ0) is 9.78. The van der Waals surface area contributed by atoms with Gasteiger partial charge in [0, 0.05) is 11.6 Å². The van der Waals surface area contributed by atoms with E-state index in [0.717, 1.165) is 18.8 Å². The molecule has 2 heteroatoms. The van der Waals surface area contributed by atoms with E-state index in [0.29, 0.717) is 0 Å². The van der Waals surface area contributed by atoms with Crippen molar-refractivity contribution in [1.82, 2.24) is 0 Å². The van der Waals surface area contributed by atoms with Crippen molar-refractivity contribution in [3.05, 3.63) is 0 Å². The minimum Gasteiger partial charge on any atom is -0.328 e. The van der Waals surface area contributed by atoms with Gasteiger partial charge in [0.15, 0.2) is 0 Å². The van der Waals surface area contributed by atoms with Crippen LogP contribution in [0.3, 0.4) is 0 Å². The van der Waals surface area contributed by atoms with Gasteiger partial charge in [0.1, 0.15) is 0 Å². The summed E-state index contributed by atoms with van der Waals surface area (Å²) in [4.78, 5) is 0. The van der Waals surface area contributed by atoms with Crippen LogP contribution in [0.1, 0.15) is 47.0 Å². The molecular formula is C10H24N2. The predicted octanol–water partition coefficient (Wildman–Crippen LogP) is 1.88. The third-order valence-electron chi connectivity index (χ3n) is 1.90. The van der Waals surface area contributed by atoms with Crippen molar-refractivity contribution < 1.29 is 0 Å². The van der Waals surface area contributed by atoms with Crippen LogP contribution in [0.15, 0.2) is 0 Å². The van der Waals surface area contributed by atoms with E-state index in [1.165, 1.54) is 6.42 Å². The Kier molecular flexibility index (Phi) is 4.80. The second-order valence-corrected chi connectivity index (χ2v) is 4.92. The molecule has 0 aromatic carbocycles. The van der Waals surface area contributed by atoms with Crippen molar-refractivity contribution in [2.75, 3.05) is 0 Å². The van der Waals surface area contributed by atoms with Gasteiger partial charge in [-0.15, -0.1) is 0 Å². The van der Waals surface area contributed by atoms with Crippen LogP contribution < -0.4 is 11.5 Å². The van der Waals surface area contributed by atoms with Crippen LogP contribution in [0.2, 0.25) is 0 Å². The van der Waals surface area contributed by atoms with Crippen LogP contribution in [0.5, 0.6) is 0 Å². The van der Waals surface area contributed by atoms with E-state index in [1.54, 1.807) is 0 Å². The summed E-state index contributed by atoms with van der Waals surface area (Å²) in [6, 6.07) is 0.271. The fourth-order valence-electron chi connectivity index (χ4n) is 1.33. The van der Waals surface area contributed by atoms with Gasteiger partial charge in [-0.2, -0.15) is 0 Å². The minimum absolute atomic E-state index is 0.115. The molecule has 0 aliphatic carbocycles. The first-order valence-electron chi connectivity index (χ1n) is 4.86. The highest BCUT2D eigenvalue weighted by molar-refractivity contribution is 4.78. The zero-order valence-electron chi connectivity index (χ0n) is 8.93. The van der Waals surface area contributed by atoms with Crippen molar-refractivity contribution in [3.8, 4) is 0 Å². The van der Waals surface area contributed by atoms with Gasteiger partial charge >= 0.3 is 0 Å². The van der Waals surface area contributed by atoms with Crippen molar-refractivity contribution in [2.45, 2.75) is 58.5 Å². The first kappa shape index (κ1) is 11.9. The molecule has 0 aliphatic rings. The van der Waals surface area contributed by atoms with E-state index in [-0.39, 0.29) is 11.6 Å². The van der Waals surface area contributed by atoms with Gasteiger partial charge in [0.05, 0.1) is 0 Å². The molecule has 4 N–H and O–H groups in total. The largest absolute Gasteiger partial charge is 0.328 e. The molecule has 74 valence electrons. The SMILES string of the molecule is CC(C)CCC(N)CC(C)(C)N. The molecule has 0 radical (unpaired) electrons. The molecule has 12 heavy (non-hydrogen) atoms. The lowest BCUT2D eigenvalue weighted by Crippen LogP contribution is -2.39. The second-order valence-electron chi connectivity index (χ2n) is 4.92. The van der Waals surface area contributed by atoms with E-state index in [4.69, 9.17) is 11.5 Å². The molecule has 0 rings (SSSR count). The first-order chi connectivity index (χ1) is 5.31. The maximum atomic E-state index is 5.93. The molecule has 0 fully saturated rings. The van der Waals surface area contributed by atoms with Gasteiger partial charge in [-0.25, -0.2) is 0 Å². The van der Waals surface area contributed by atoms with Crippen LogP contribution in [-0.4, -0.2) is 11.6 Å². The normalized spacial score (nSPS) is 15.2. The molecule has 1 unspecified atom stereocenters. The van der Waals surface area contributed by atoms with Crippen molar-refractivity contribution in [3.63, 3.8) is 0 Å². The Morgan fingerprint density at radius 3 is 2.00 bits per heavy atom. The van der Waals surface area contributed by atoms with Crippen LogP contribution in [0.25, 0.3) is 0 Å². The number of hydrogen-bond acceptors (Lipinski definition) is 2. The lowest BCUT2D eigenvalue weighted by atomic mass is 9.92. The Labute approximate surface area is 76.7 Å². The summed E-state index contributed by atoms with van der Waals surface area (Å²) in [6.07, 6.45) is 3.22. The summed E-state index contributed by atoms with van der Waals surface area (Å²) in [7, 11) is 0. The smallest absolute Gasteiger partial charge is 0.0112 e. The van der Waals surface area contributed by atoms with Crippen LogP contribution in [0.4, 0.5) is 0 Å². The molecule has 0 amide bonds. The summed E-state index contributed by atoms with van der Waals surface area (Å²) in [5.41, 5.74) is 11.7. The van der Waals surface area contributed by atoms with E-state index >= 15 is 0 Å². The molecule has 0 aliphatic heterocycles. The fourth-order valence-corrected chi connectivity index (χ4v) is 1.33. The van der Waals surface area contributed by atoms with Crippen LogP contribution >= 0.6 is 0 Å². The zero-order valence-corrected chi connectivity index (χ0v) is 8.93. The molecule has 0 heterocycles. The minimum atomic E-state index is -0.115. The summed E-state index contributed by atoms with van der Waals surface area (Å²) in [6.45, 7) is 8.51. The number of hydrogen-bond donors (Lipinski definition) is 2. The van der Waals surface area contributed by atoms with Crippen LogP contribution in [0, 0.1) is 5.92 Å². The van der Waals surface area contributed by atoms with E-state index < -0.39 is 0 Å². The lowest BCUT2D eigenvalue weighted by Gasteiger charge is -2.23. The Bertz CT molecular complexity index is 113. The quantitative estimate of drug-likeness (QED) is 0.665. The Morgan fingerprint density at radius 2 is 1.67 bits per heavy atom. The Morgan fingerprint density at radius 1 is 1.17 bits per heavy atom. The standard InChI is InChI=1S/C10H24N2/c1-8(2)5-6-9(11)7-10(3,4)12/h8-9H,5-7,11-12H2,1-4H3. The van der Waals surface area contributed by atoms with E-state index in [9.17, 15) is 0 Å². The highest BCUT2D eigenvalue weighted by atomic mass is 14.7. The average molecular weight is 172 g/mol. The van der Waals surface area contributed by atoms with Gasteiger partial charge in [0.25, 0.3) is 0 Å². The summed E-state index contributed by atoms with van der Waals surface area (Å²) >= 11 is 0. The van der Waals surface area contributed by atoms with Crippen molar-refractivity contribution >= 4 is 0 Å². The first-order valence-corrected chi connectivity index (χ1v) is 4.86. The lowest BCUT2D eigenvalue weighted by molar-refractivity contribution is 0.387. The molecule has 0 saturated heterocycles. The number of rotatable bonds is 5. The Balaban J connectivity index is 3.53. The van der Waals surface area contributed by atoms with Crippen molar-refractivity contribution in [2.24, 2.45) is 17.4 Å². The second kappa shape index (κ2) is 4.83. The molecule has 0 saturated carbocycles. The third-order valence-corrected chi connectivity index (χ3v) is 1.90. The highest BCUT2D eigenvalue weighted by Gasteiger charge is 2.15. The molecular weight excluding hydrogens is 148 g/mol. The molecule has 0 bridgehead atoms. The molecule has 0 aromatic rings. The van der Waals surface area contributed by atoms with E-state index in [1.807, 2.05) is 13.8 Å². The molecule has 0 aromatic heterocycles. The van der Waals surface area contributed by atoms with Gasteiger partial charge in [-0.05, 0) is 39.0 Å². The van der Waals surface area contributed by atoms with Gasteiger partial charge in [-0.3, -0.25) is 0 Å². The monoisotopic (exact) mass is 172 g/mol. The fraction of sp³-hybridized carbons (Fsp3) is 1.00.